The van der Waals surface area contributed by atoms with E-state index in [-0.39, 0.29) is 0 Å². The number of ether oxygens (including phenoxy) is 1. The van der Waals surface area contributed by atoms with Crippen molar-refractivity contribution in [3.8, 4) is 0 Å². The number of esters is 1. The Morgan fingerprint density at radius 3 is 1.25 bits per heavy atom. The van der Waals surface area contributed by atoms with Gasteiger partial charge in [0.15, 0.2) is 0 Å². The topological polar surface area (TPSA) is 26.3 Å². The van der Waals surface area contributed by atoms with Gasteiger partial charge in [-0.2, -0.15) is 74.6 Å². The van der Waals surface area contributed by atoms with Crippen molar-refractivity contribution in [2.75, 3.05) is 0 Å². The monoisotopic (exact) mass is 518 g/mol. The number of halogens is 17. The Morgan fingerprint density at radius 2 is 0.938 bits per heavy atom. The summed E-state index contributed by atoms with van der Waals surface area (Å²) in [4.78, 5) is 10.8. The van der Waals surface area contributed by atoms with E-state index < -0.39 is 65.8 Å². The summed E-state index contributed by atoms with van der Waals surface area (Å²) in [6.07, 6.45) is -18.0. The van der Waals surface area contributed by atoms with Crippen molar-refractivity contribution < 1.29 is 84.2 Å². The minimum atomic E-state index is -8.58. The third-order valence-electron chi connectivity index (χ3n) is 3.39. The molecule has 0 aromatic heterocycles. The largest absolute Gasteiger partial charge is 0.473 e. The Balaban J connectivity index is 6.60. The van der Waals surface area contributed by atoms with Crippen LogP contribution in [-0.2, 0) is 9.53 Å². The van der Waals surface area contributed by atoms with Gasteiger partial charge in [-0.3, -0.25) is 0 Å². The Kier molecular flexibility index (Phi) is 7.32. The molecule has 0 radical (unpaired) electrons. The molecule has 0 fully saturated rings. The summed E-state index contributed by atoms with van der Waals surface area (Å²) >= 11 is 0. The minimum Gasteiger partial charge on any atom is -0.393 e. The molecule has 0 heterocycles. The lowest BCUT2D eigenvalue weighted by molar-refractivity contribution is -0.462. The minimum absolute atomic E-state index is 0.404. The van der Waals surface area contributed by atoms with Crippen molar-refractivity contribution in [2.24, 2.45) is 0 Å². The van der Waals surface area contributed by atoms with Crippen LogP contribution in [0, 0.1) is 0 Å². The molecule has 0 spiro atoms. The van der Waals surface area contributed by atoms with E-state index in [0.717, 1.165) is 0 Å². The van der Waals surface area contributed by atoms with Crippen LogP contribution >= 0.6 is 0 Å². The molecule has 19 heteroatoms. The highest BCUT2D eigenvalue weighted by atomic mass is 19.4. The summed E-state index contributed by atoms with van der Waals surface area (Å²) in [5, 5.41) is 0. The summed E-state index contributed by atoms with van der Waals surface area (Å²) in [6.45, 7) is 2.88. The molecule has 0 atom stereocenters. The molecule has 0 rings (SSSR count). The van der Waals surface area contributed by atoms with Gasteiger partial charge >= 0.3 is 53.8 Å². The van der Waals surface area contributed by atoms with Crippen LogP contribution < -0.4 is 0 Å². The number of carbonyl (C=O) groups excluding carboxylic acids is 1. The molecule has 0 amide bonds. The van der Waals surface area contributed by atoms with Gasteiger partial charge < -0.3 is 4.74 Å². The molecule has 0 aliphatic rings. The fraction of sp³-hybridized carbons (Fsp3) is 0.769. The summed E-state index contributed by atoms with van der Waals surface area (Å²) < 4.78 is 224. The number of alkyl halides is 17. The van der Waals surface area contributed by atoms with Crippen molar-refractivity contribution in [1.82, 2.24) is 0 Å². The normalized spacial score (nSPS) is 15.6. The molecule has 0 aliphatic carbocycles. The zero-order valence-electron chi connectivity index (χ0n) is 14.7. The molecule has 32 heavy (non-hydrogen) atoms. The highest BCUT2D eigenvalue weighted by Crippen LogP contribution is 2.63. The van der Waals surface area contributed by atoms with Gasteiger partial charge in [-0.1, -0.05) is 6.58 Å². The third-order valence-corrected chi connectivity index (χ3v) is 3.39. The lowest BCUT2D eigenvalue weighted by Crippen LogP contribution is -2.73. The maximum Gasteiger partial charge on any atom is 0.473 e. The van der Waals surface area contributed by atoms with Gasteiger partial charge in [0.1, 0.15) is 6.42 Å². The second-order valence-electron chi connectivity index (χ2n) is 6.05. The fourth-order valence-electron chi connectivity index (χ4n) is 1.63. The van der Waals surface area contributed by atoms with Crippen molar-refractivity contribution >= 4 is 5.97 Å². The van der Waals surface area contributed by atoms with E-state index in [0.29, 0.717) is 6.92 Å². The van der Waals surface area contributed by atoms with E-state index in [1.807, 2.05) is 0 Å². The lowest BCUT2D eigenvalue weighted by atomic mass is 9.90. The van der Waals surface area contributed by atoms with Crippen molar-refractivity contribution in [1.29, 1.82) is 0 Å². The van der Waals surface area contributed by atoms with E-state index in [1.165, 1.54) is 0 Å². The van der Waals surface area contributed by atoms with Crippen LogP contribution in [0.25, 0.3) is 0 Å². The quantitative estimate of drug-likeness (QED) is 0.199. The zero-order chi connectivity index (χ0) is 26.6. The van der Waals surface area contributed by atoms with E-state index in [2.05, 4.69) is 11.3 Å². The SMILES string of the molecule is C=C(C)C(=O)OC(F)(F)C(F)(F)C(F)(F)C(F)(F)C(F)(F)C(F)(F)C(F)(F)CC(F)(F)F. The average molecular weight is 518 g/mol. The van der Waals surface area contributed by atoms with E-state index in [4.69, 9.17) is 0 Å². The molecule has 0 aromatic rings. The Bertz CT molecular complexity index is 733. The van der Waals surface area contributed by atoms with Crippen molar-refractivity contribution in [3.63, 3.8) is 0 Å². The maximum absolute atomic E-state index is 13.4. The molecule has 0 bridgehead atoms. The first kappa shape index (κ1) is 30.0. The van der Waals surface area contributed by atoms with Crippen LogP contribution in [0.1, 0.15) is 13.3 Å². The van der Waals surface area contributed by atoms with Gasteiger partial charge in [-0.15, -0.1) is 0 Å². The molecular formula is C13H7F17O2. The van der Waals surface area contributed by atoms with Crippen molar-refractivity contribution in [3.05, 3.63) is 12.2 Å². The van der Waals surface area contributed by atoms with Gasteiger partial charge in [-0.05, 0) is 6.92 Å². The van der Waals surface area contributed by atoms with Crippen LogP contribution in [0.3, 0.4) is 0 Å². The van der Waals surface area contributed by atoms with Gasteiger partial charge in [0.2, 0.25) is 0 Å². The molecule has 0 N–H and O–H groups in total. The number of hydrogen-bond donors (Lipinski definition) is 0. The molecule has 0 aliphatic heterocycles. The Morgan fingerprint density at radius 1 is 0.625 bits per heavy atom. The van der Waals surface area contributed by atoms with Gasteiger partial charge in [-0.25, -0.2) is 4.79 Å². The average Bonchev–Trinajstić information content (AvgIpc) is 2.50. The third kappa shape index (κ3) is 4.55. The molecule has 0 saturated carbocycles. The highest BCUT2D eigenvalue weighted by molar-refractivity contribution is 5.87. The van der Waals surface area contributed by atoms with Gasteiger partial charge in [0.25, 0.3) is 0 Å². The molecular weight excluding hydrogens is 511 g/mol. The molecule has 0 unspecified atom stereocenters. The predicted octanol–water partition coefficient (Wildman–Crippen LogP) is 6.46. The first-order chi connectivity index (χ1) is 13.5. The van der Waals surface area contributed by atoms with Gasteiger partial charge in [0.05, 0.1) is 0 Å². The Labute approximate surface area is 165 Å². The van der Waals surface area contributed by atoms with E-state index in [1.54, 1.807) is 0 Å². The van der Waals surface area contributed by atoms with Crippen LogP contribution in [0.15, 0.2) is 12.2 Å². The summed E-state index contributed by atoms with van der Waals surface area (Å²) in [5.74, 6) is -51.7. The molecule has 0 saturated heterocycles. The molecule has 0 aromatic carbocycles. The number of hydrogen-bond acceptors (Lipinski definition) is 2. The first-order valence-electron chi connectivity index (χ1n) is 7.14. The second kappa shape index (κ2) is 7.81. The van der Waals surface area contributed by atoms with E-state index in [9.17, 15) is 79.4 Å². The van der Waals surface area contributed by atoms with Crippen LogP contribution in [0.5, 0.6) is 0 Å². The second-order valence-corrected chi connectivity index (χ2v) is 6.05. The summed E-state index contributed by atoms with van der Waals surface area (Å²) in [5.41, 5.74) is -1.28. The first-order valence-corrected chi connectivity index (χ1v) is 7.14. The Hall–Kier alpha value is -1.98. The predicted molar refractivity (Wildman–Crippen MR) is 66.2 cm³/mol. The summed E-state index contributed by atoms with van der Waals surface area (Å²) in [7, 11) is 0. The molecule has 2 nitrogen and oxygen atoms in total. The van der Waals surface area contributed by atoms with Crippen molar-refractivity contribution in [2.45, 2.75) is 61.2 Å². The number of rotatable bonds is 9. The van der Waals surface area contributed by atoms with Crippen LogP contribution in [0.2, 0.25) is 0 Å². The smallest absolute Gasteiger partial charge is 0.393 e. The molecule has 190 valence electrons. The van der Waals surface area contributed by atoms with E-state index >= 15 is 0 Å². The summed E-state index contributed by atoms with van der Waals surface area (Å²) in [6, 6.07) is 0. The van der Waals surface area contributed by atoms with Crippen LogP contribution in [0.4, 0.5) is 74.6 Å². The highest BCUT2D eigenvalue weighted by Gasteiger charge is 2.93. The standard InChI is InChI=1S/C13H7F17O2/c1-4(2)5(31)32-13(29,30)12(27,28)11(25,26)10(23,24)9(21,22)8(19,20)6(14,15)3-7(16,17)18/h1,3H2,2H3. The zero-order valence-corrected chi connectivity index (χ0v) is 14.7. The lowest BCUT2D eigenvalue weighted by Gasteiger charge is -2.42. The van der Waals surface area contributed by atoms with Gasteiger partial charge in [0, 0.05) is 5.57 Å². The number of carbonyl (C=O) groups is 1. The maximum atomic E-state index is 13.4. The fourth-order valence-corrected chi connectivity index (χ4v) is 1.63. The van der Waals surface area contributed by atoms with Crippen LogP contribution in [-0.4, -0.2) is 53.8 Å².